The highest BCUT2D eigenvalue weighted by Crippen LogP contribution is 2.27. The third-order valence-electron chi connectivity index (χ3n) is 3.89. The van der Waals surface area contributed by atoms with Crippen molar-refractivity contribution in [2.75, 3.05) is 20.1 Å². The quantitative estimate of drug-likeness (QED) is 0.863. The topological polar surface area (TPSA) is 63.4 Å². The lowest BCUT2D eigenvalue weighted by atomic mass is 10.1. The highest BCUT2D eigenvalue weighted by atomic mass is 32.2. The van der Waals surface area contributed by atoms with Crippen molar-refractivity contribution < 1.29 is 8.42 Å². The van der Waals surface area contributed by atoms with Crippen LogP contribution in [0.3, 0.4) is 0 Å². The Morgan fingerprint density at radius 2 is 1.86 bits per heavy atom. The predicted molar refractivity (Wildman–Crippen MR) is 84.1 cm³/mol. The lowest BCUT2D eigenvalue weighted by Crippen LogP contribution is -2.31. The van der Waals surface area contributed by atoms with Crippen LogP contribution in [0.1, 0.15) is 31.2 Å². The minimum absolute atomic E-state index is 0.296. The normalized spacial score (nSPS) is 16.0. The van der Waals surface area contributed by atoms with Crippen molar-refractivity contribution in [2.45, 2.75) is 30.6 Å². The minimum atomic E-state index is -3.40. The number of hydrogen-bond acceptors (Lipinski definition) is 3. The van der Waals surface area contributed by atoms with E-state index in [9.17, 15) is 8.42 Å². The largest absolute Gasteiger partial charge is 0.320 e. The van der Waals surface area contributed by atoms with Gasteiger partial charge in [0.25, 0.3) is 0 Å². The number of sulfonamides is 1. The van der Waals surface area contributed by atoms with Crippen molar-refractivity contribution in [3.05, 3.63) is 29.8 Å². The summed E-state index contributed by atoms with van der Waals surface area (Å²) in [6, 6.07) is 6.67. The Bertz CT molecular complexity index is 620. The third-order valence-corrected chi connectivity index (χ3v) is 5.72. The van der Waals surface area contributed by atoms with E-state index in [1.165, 1.54) is 17.1 Å². The van der Waals surface area contributed by atoms with Gasteiger partial charge in [0.15, 0.2) is 0 Å². The fraction of sp³-hybridized carbons (Fsp3) is 0.500. The first-order chi connectivity index (χ1) is 10.0. The minimum Gasteiger partial charge on any atom is -0.320 e. The van der Waals surface area contributed by atoms with Crippen molar-refractivity contribution >= 4 is 10.0 Å². The second-order valence-corrected chi connectivity index (χ2v) is 7.51. The summed E-state index contributed by atoms with van der Waals surface area (Å²) in [5.41, 5.74) is 6.09. The first-order valence-corrected chi connectivity index (χ1v) is 8.73. The second kappa shape index (κ2) is 7.08. The van der Waals surface area contributed by atoms with Gasteiger partial charge in [-0.05, 0) is 43.0 Å². The van der Waals surface area contributed by atoms with E-state index in [4.69, 9.17) is 5.73 Å². The molecule has 21 heavy (non-hydrogen) atoms. The highest BCUT2D eigenvalue weighted by molar-refractivity contribution is 7.89. The summed E-state index contributed by atoms with van der Waals surface area (Å²) in [5, 5.41) is 0. The Kier molecular flexibility index (Phi) is 5.40. The molecule has 1 aliphatic carbocycles. The smallest absolute Gasteiger partial charge is 0.242 e. The number of nitrogens with zero attached hydrogens (tertiary/aromatic N) is 1. The fourth-order valence-corrected chi connectivity index (χ4v) is 3.94. The molecule has 0 aliphatic heterocycles. The van der Waals surface area contributed by atoms with Crippen LogP contribution in [0, 0.1) is 17.8 Å². The van der Waals surface area contributed by atoms with Gasteiger partial charge < -0.3 is 5.73 Å². The van der Waals surface area contributed by atoms with E-state index >= 15 is 0 Å². The molecule has 1 aliphatic rings. The van der Waals surface area contributed by atoms with Gasteiger partial charge in [0, 0.05) is 19.2 Å². The fourth-order valence-electron chi connectivity index (χ4n) is 2.70. The molecular formula is C16H22N2O2S. The molecule has 0 saturated heterocycles. The second-order valence-electron chi connectivity index (χ2n) is 5.47. The van der Waals surface area contributed by atoms with E-state index in [-0.39, 0.29) is 0 Å². The molecule has 114 valence electrons. The maximum atomic E-state index is 12.5. The third kappa shape index (κ3) is 4.07. The Hall–Kier alpha value is -1.35. The number of nitrogens with two attached hydrogens (primary N) is 1. The molecule has 0 radical (unpaired) electrons. The van der Waals surface area contributed by atoms with E-state index in [1.54, 1.807) is 31.3 Å². The summed E-state index contributed by atoms with van der Waals surface area (Å²) in [6.45, 7) is 0.904. The van der Waals surface area contributed by atoms with Gasteiger partial charge in [0.05, 0.1) is 11.4 Å². The van der Waals surface area contributed by atoms with Crippen LogP contribution in [0.15, 0.2) is 29.2 Å². The Morgan fingerprint density at radius 1 is 1.24 bits per heavy atom. The monoisotopic (exact) mass is 306 g/mol. The van der Waals surface area contributed by atoms with Crippen molar-refractivity contribution in [3.8, 4) is 11.8 Å². The number of benzene rings is 1. The molecule has 1 fully saturated rings. The average Bonchev–Trinajstić information content (AvgIpc) is 2.98. The Morgan fingerprint density at radius 3 is 2.43 bits per heavy atom. The summed E-state index contributed by atoms with van der Waals surface area (Å²) >= 11 is 0. The molecule has 0 spiro atoms. The molecule has 2 N–H and O–H groups in total. The summed E-state index contributed by atoms with van der Waals surface area (Å²) in [5.74, 6) is 6.14. The molecule has 5 heteroatoms. The lowest BCUT2D eigenvalue weighted by molar-refractivity contribution is 0.387. The standard InChI is InChI=1S/C16H22N2O2S/c1-18(13-15-5-2-3-6-15)21(19,20)16-10-8-14(9-11-16)7-4-12-17/h8-11,15H,2-3,5-6,12-13,17H2,1H3. The summed E-state index contributed by atoms with van der Waals surface area (Å²) in [4.78, 5) is 0.321. The predicted octanol–water partition coefficient (Wildman–Crippen LogP) is 1.81. The van der Waals surface area contributed by atoms with E-state index in [2.05, 4.69) is 11.8 Å². The maximum absolute atomic E-state index is 12.5. The SMILES string of the molecule is CN(CC1CCCC1)S(=O)(=O)c1ccc(C#CCN)cc1. The molecule has 1 aromatic carbocycles. The first-order valence-electron chi connectivity index (χ1n) is 7.29. The number of hydrogen-bond donors (Lipinski definition) is 1. The zero-order chi connectivity index (χ0) is 15.3. The van der Waals surface area contributed by atoms with Gasteiger partial charge in [0.1, 0.15) is 0 Å². The summed E-state index contributed by atoms with van der Waals surface area (Å²) in [7, 11) is -1.74. The molecule has 0 bridgehead atoms. The average molecular weight is 306 g/mol. The van der Waals surface area contributed by atoms with Crippen LogP contribution in [0.2, 0.25) is 0 Å². The van der Waals surface area contributed by atoms with Crippen molar-refractivity contribution in [2.24, 2.45) is 11.7 Å². The van der Waals surface area contributed by atoms with Crippen molar-refractivity contribution in [3.63, 3.8) is 0 Å². The van der Waals surface area contributed by atoms with Crippen LogP contribution in [0.4, 0.5) is 0 Å². The van der Waals surface area contributed by atoms with Crippen LogP contribution < -0.4 is 5.73 Å². The first kappa shape index (κ1) is 16.0. The van der Waals surface area contributed by atoms with E-state index in [0.717, 1.165) is 18.4 Å². The molecular weight excluding hydrogens is 284 g/mol. The maximum Gasteiger partial charge on any atom is 0.242 e. The molecule has 0 heterocycles. The molecule has 4 nitrogen and oxygen atoms in total. The van der Waals surface area contributed by atoms with E-state index < -0.39 is 10.0 Å². The van der Waals surface area contributed by atoms with Gasteiger partial charge in [0.2, 0.25) is 10.0 Å². The molecule has 0 amide bonds. The van der Waals surface area contributed by atoms with Gasteiger partial charge in [-0.1, -0.05) is 24.7 Å². The summed E-state index contributed by atoms with van der Waals surface area (Å²) in [6.07, 6.45) is 4.70. The van der Waals surface area contributed by atoms with Crippen molar-refractivity contribution in [1.82, 2.24) is 4.31 Å². The van der Waals surface area contributed by atoms with Crippen LogP contribution in [0.5, 0.6) is 0 Å². The Balaban J connectivity index is 2.10. The van der Waals surface area contributed by atoms with Gasteiger partial charge in [-0.15, -0.1) is 0 Å². The van der Waals surface area contributed by atoms with E-state index in [1.807, 2.05) is 0 Å². The van der Waals surface area contributed by atoms with Gasteiger partial charge >= 0.3 is 0 Å². The highest BCUT2D eigenvalue weighted by Gasteiger charge is 2.25. The molecule has 2 rings (SSSR count). The molecule has 0 aromatic heterocycles. The molecule has 1 aromatic rings. The molecule has 0 unspecified atom stereocenters. The molecule has 0 atom stereocenters. The van der Waals surface area contributed by atoms with Gasteiger partial charge in [-0.25, -0.2) is 12.7 Å². The zero-order valence-electron chi connectivity index (χ0n) is 12.4. The zero-order valence-corrected chi connectivity index (χ0v) is 13.2. The molecule has 1 saturated carbocycles. The summed E-state index contributed by atoms with van der Waals surface area (Å²) < 4.78 is 26.5. The van der Waals surface area contributed by atoms with Gasteiger partial charge in [-0.2, -0.15) is 0 Å². The number of rotatable bonds is 4. The van der Waals surface area contributed by atoms with Crippen molar-refractivity contribution in [1.29, 1.82) is 0 Å². The van der Waals surface area contributed by atoms with Gasteiger partial charge in [-0.3, -0.25) is 0 Å². The van der Waals surface area contributed by atoms with E-state index in [0.29, 0.717) is 23.9 Å². The van der Waals surface area contributed by atoms with Crippen LogP contribution >= 0.6 is 0 Å². The van der Waals surface area contributed by atoms with Crippen LogP contribution in [0.25, 0.3) is 0 Å². The Labute approximate surface area is 127 Å². The van der Waals surface area contributed by atoms with Crippen LogP contribution in [-0.2, 0) is 10.0 Å². The van der Waals surface area contributed by atoms with Crippen LogP contribution in [-0.4, -0.2) is 32.9 Å². The lowest BCUT2D eigenvalue weighted by Gasteiger charge is -2.20.